The van der Waals surface area contributed by atoms with E-state index in [1.165, 1.54) is 23.3 Å². The first kappa shape index (κ1) is 39.5. The van der Waals surface area contributed by atoms with Gasteiger partial charge in [-0.15, -0.1) is 0 Å². The van der Waals surface area contributed by atoms with Crippen molar-refractivity contribution >= 4 is 17.3 Å². The van der Waals surface area contributed by atoms with E-state index in [9.17, 15) is 20.1 Å². The van der Waals surface area contributed by atoms with Crippen molar-refractivity contribution in [1.29, 1.82) is 0 Å². The lowest BCUT2D eigenvalue weighted by Gasteiger charge is -2.61. The standard InChI is InChI=1S/C43H58O6/c1-27(2)13-11-15-31(9)16-18-33-26-42(23-20-29(5)6)38(47)36(37(46)32-17-19-34(44)35(45)25-32)39(48)43(40(42)49,24-21-30(7)8)41(33,10)22-12-14-28(3)4/h13-14,16-17,19-21,25,33,44-45,47H,11-12,15,18,22-24,26H2,1-10H3/b31-16+/t33-,41+,42-,43+/m0/s1. The van der Waals surface area contributed by atoms with Gasteiger partial charge in [0.15, 0.2) is 28.8 Å². The Bertz CT molecular complexity index is 1650. The summed E-state index contributed by atoms with van der Waals surface area (Å²) in [6, 6.07) is 3.61. The van der Waals surface area contributed by atoms with Gasteiger partial charge >= 0.3 is 0 Å². The molecule has 2 aliphatic rings. The largest absolute Gasteiger partial charge is 0.510 e. The highest BCUT2D eigenvalue weighted by molar-refractivity contribution is 6.35. The van der Waals surface area contributed by atoms with E-state index in [0.717, 1.165) is 35.6 Å². The Balaban J connectivity index is 2.42. The molecule has 49 heavy (non-hydrogen) atoms. The van der Waals surface area contributed by atoms with Gasteiger partial charge in [0, 0.05) is 5.56 Å². The predicted molar refractivity (Wildman–Crippen MR) is 199 cm³/mol. The lowest BCUT2D eigenvalue weighted by atomic mass is 9.38. The molecule has 0 saturated heterocycles. The minimum Gasteiger partial charge on any atom is -0.510 e. The van der Waals surface area contributed by atoms with E-state index in [2.05, 4.69) is 45.9 Å². The molecule has 0 unspecified atom stereocenters. The topological polar surface area (TPSA) is 112 Å². The molecule has 3 N–H and O–H groups in total. The Morgan fingerprint density at radius 3 is 1.92 bits per heavy atom. The monoisotopic (exact) mass is 670 g/mol. The lowest BCUT2D eigenvalue weighted by molar-refractivity contribution is -0.174. The van der Waals surface area contributed by atoms with Gasteiger partial charge in [0.05, 0.1) is 5.41 Å². The van der Waals surface area contributed by atoms with Gasteiger partial charge in [-0.25, -0.2) is 0 Å². The number of aliphatic hydroxyl groups is 1. The molecule has 0 aliphatic heterocycles. The quantitative estimate of drug-likeness (QED) is 0.0597. The average Bonchev–Trinajstić information content (AvgIpc) is 3.00. The van der Waals surface area contributed by atoms with Crippen LogP contribution in [0.4, 0.5) is 0 Å². The fourth-order valence-electron chi connectivity index (χ4n) is 7.78. The lowest BCUT2D eigenvalue weighted by Crippen LogP contribution is -2.67. The van der Waals surface area contributed by atoms with Crippen molar-refractivity contribution in [2.45, 2.75) is 121 Å². The van der Waals surface area contributed by atoms with Crippen LogP contribution in [0.2, 0.25) is 0 Å². The van der Waals surface area contributed by atoms with Crippen LogP contribution in [0.15, 0.2) is 87.8 Å². The second kappa shape index (κ2) is 15.7. The average molecular weight is 671 g/mol. The Labute approximate surface area is 294 Å². The highest BCUT2D eigenvalue weighted by atomic mass is 16.3. The van der Waals surface area contributed by atoms with Gasteiger partial charge in [-0.05, 0) is 143 Å². The van der Waals surface area contributed by atoms with Gasteiger partial charge < -0.3 is 15.3 Å². The maximum Gasteiger partial charge on any atom is 0.200 e. The molecule has 3 rings (SSSR count). The molecule has 1 saturated carbocycles. The number of aliphatic hydroxyl groups excluding tert-OH is 1. The van der Waals surface area contributed by atoms with Crippen molar-refractivity contribution in [3.05, 3.63) is 93.3 Å². The van der Waals surface area contributed by atoms with E-state index in [1.807, 2.05) is 53.7 Å². The molecule has 4 atom stereocenters. The van der Waals surface area contributed by atoms with E-state index in [1.54, 1.807) is 0 Å². The summed E-state index contributed by atoms with van der Waals surface area (Å²) in [7, 11) is 0. The van der Waals surface area contributed by atoms with Crippen LogP contribution in [0.1, 0.15) is 131 Å². The molecule has 0 aromatic heterocycles. The summed E-state index contributed by atoms with van der Waals surface area (Å²) in [5.41, 5.74) is 1.13. The number of benzene rings is 1. The number of aromatic hydroxyl groups is 2. The molecular weight excluding hydrogens is 612 g/mol. The van der Waals surface area contributed by atoms with E-state index in [4.69, 9.17) is 0 Å². The minimum absolute atomic E-state index is 0.0509. The third-order valence-electron chi connectivity index (χ3n) is 10.8. The molecule has 266 valence electrons. The molecule has 1 fully saturated rings. The van der Waals surface area contributed by atoms with E-state index >= 15 is 9.59 Å². The summed E-state index contributed by atoms with van der Waals surface area (Å²) in [6.45, 7) is 20.2. The smallest absolute Gasteiger partial charge is 0.200 e. The zero-order valence-electron chi connectivity index (χ0n) is 31.4. The van der Waals surface area contributed by atoms with Gasteiger partial charge in [-0.1, -0.05) is 65.2 Å². The van der Waals surface area contributed by atoms with Crippen LogP contribution >= 0.6 is 0 Å². The van der Waals surface area contributed by atoms with Crippen LogP contribution in [-0.2, 0) is 9.59 Å². The minimum atomic E-state index is -1.63. The fourth-order valence-corrected chi connectivity index (χ4v) is 7.78. The van der Waals surface area contributed by atoms with Gasteiger partial charge in [-0.3, -0.25) is 14.4 Å². The van der Waals surface area contributed by atoms with Gasteiger partial charge in [0.25, 0.3) is 0 Å². The molecule has 0 amide bonds. The molecule has 1 aromatic rings. The molecule has 0 spiro atoms. The zero-order valence-corrected chi connectivity index (χ0v) is 31.4. The van der Waals surface area contributed by atoms with Crippen molar-refractivity contribution < 1.29 is 29.7 Å². The normalized spacial score (nSPS) is 25.1. The highest BCUT2D eigenvalue weighted by Gasteiger charge is 2.73. The van der Waals surface area contributed by atoms with Crippen molar-refractivity contribution in [3.63, 3.8) is 0 Å². The van der Waals surface area contributed by atoms with Crippen LogP contribution in [0, 0.1) is 22.2 Å². The number of Topliss-reactive ketones (excluding diaryl/α,β-unsaturated/α-hetero) is 3. The molecule has 6 nitrogen and oxygen atoms in total. The number of carbonyl (C=O) groups excluding carboxylic acids is 3. The maximum absolute atomic E-state index is 15.4. The summed E-state index contributed by atoms with van der Waals surface area (Å²) < 4.78 is 0. The third-order valence-corrected chi connectivity index (χ3v) is 10.8. The van der Waals surface area contributed by atoms with Crippen molar-refractivity contribution in [1.82, 2.24) is 0 Å². The first-order chi connectivity index (χ1) is 22.8. The maximum atomic E-state index is 15.4. The number of ketones is 3. The van der Waals surface area contributed by atoms with E-state index in [0.29, 0.717) is 19.3 Å². The molecule has 2 bridgehead atoms. The first-order valence-corrected chi connectivity index (χ1v) is 17.6. The van der Waals surface area contributed by atoms with Crippen molar-refractivity contribution in [3.8, 4) is 11.5 Å². The number of allylic oxidation sites excluding steroid dienone is 12. The number of rotatable bonds is 14. The summed E-state index contributed by atoms with van der Waals surface area (Å²) in [5.74, 6) is -3.31. The second-order valence-corrected chi connectivity index (χ2v) is 15.6. The van der Waals surface area contributed by atoms with E-state index in [-0.39, 0.29) is 36.5 Å². The molecule has 0 heterocycles. The number of hydrogen-bond acceptors (Lipinski definition) is 6. The summed E-state index contributed by atoms with van der Waals surface area (Å²) in [6.07, 6.45) is 14.7. The second-order valence-electron chi connectivity index (χ2n) is 15.6. The van der Waals surface area contributed by atoms with Gasteiger partial charge in [0.2, 0.25) is 0 Å². The van der Waals surface area contributed by atoms with Crippen LogP contribution in [0.25, 0.3) is 0 Å². The van der Waals surface area contributed by atoms with Crippen LogP contribution < -0.4 is 0 Å². The van der Waals surface area contributed by atoms with Crippen molar-refractivity contribution in [2.75, 3.05) is 0 Å². The number of phenols is 2. The van der Waals surface area contributed by atoms with Crippen LogP contribution in [0.5, 0.6) is 11.5 Å². The first-order valence-electron chi connectivity index (χ1n) is 17.6. The predicted octanol–water partition coefficient (Wildman–Crippen LogP) is 10.8. The molecule has 1 aromatic carbocycles. The summed E-state index contributed by atoms with van der Waals surface area (Å²) >= 11 is 0. The molecule has 6 heteroatoms. The van der Waals surface area contributed by atoms with Crippen LogP contribution in [0.3, 0.4) is 0 Å². The number of fused-ring (bicyclic) bond motifs is 2. The zero-order chi connectivity index (χ0) is 36.9. The van der Waals surface area contributed by atoms with E-state index < -0.39 is 50.6 Å². The Kier molecular flexibility index (Phi) is 12.7. The summed E-state index contributed by atoms with van der Waals surface area (Å²) in [4.78, 5) is 45.0. The third kappa shape index (κ3) is 7.95. The Hall–Kier alpha value is -3.93. The van der Waals surface area contributed by atoms with Crippen molar-refractivity contribution in [2.24, 2.45) is 22.2 Å². The Morgan fingerprint density at radius 2 is 1.35 bits per heavy atom. The Morgan fingerprint density at radius 1 is 0.776 bits per heavy atom. The van der Waals surface area contributed by atoms with Gasteiger partial charge in [-0.2, -0.15) is 0 Å². The number of phenolic OH excluding ortho intramolecular Hbond substituents is 2. The number of hydrogen-bond donors (Lipinski definition) is 3. The van der Waals surface area contributed by atoms with Crippen LogP contribution in [-0.4, -0.2) is 32.7 Å². The van der Waals surface area contributed by atoms with Gasteiger partial charge in [0.1, 0.15) is 16.7 Å². The molecular formula is C43H58O6. The SMILES string of the molecule is CC(C)=CCC/C(C)=C/C[C@H]1C[C@]2(CC=C(C)C)C(=O)[C@@](CC=C(C)C)(C(=O)C(C(=O)c3ccc(O)c(O)c3)=C2O)[C@]1(C)CCC=C(C)C. The number of carbonyl (C=O) groups is 3. The molecule has 2 aliphatic carbocycles. The molecule has 0 radical (unpaired) electrons. The summed E-state index contributed by atoms with van der Waals surface area (Å²) in [5, 5.41) is 32.5. The fraction of sp³-hybridized carbons (Fsp3) is 0.512. The highest BCUT2D eigenvalue weighted by Crippen LogP contribution is 2.68.